The molecule has 2 rings (SSSR count). The van der Waals surface area contributed by atoms with Gasteiger partial charge in [0.05, 0.1) is 12.6 Å². The summed E-state index contributed by atoms with van der Waals surface area (Å²) in [5.41, 5.74) is 7.38. The first-order chi connectivity index (χ1) is 15.2. The number of rotatable bonds is 11. The molecule has 0 aliphatic carbocycles. The largest absolute Gasteiger partial charge is 0.508 e. The molecule has 0 aromatic heterocycles. The molecule has 7 N–H and O–H groups in total. The predicted molar refractivity (Wildman–Crippen MR) is 116 cm³/mol. The molecule has 32 heavy (non-hydrogen) atoms. The smallest absolute Gasteiger partial charge is 0.322 e. The van der Waals surface area contributed by atoms with Gasteiger partial charge in [-0.25, -0.2) is 0 Å². The second kappa shape index (κ2) is 12.1. The third kappa shape index (κ3) is 8.44. The molecular formula is C22H26N4O6. The Morgan fingerprint density at radius 3 is 2.03 bits per heavy atom. The summed E-state index contributed by atoms with van der Waals surface area (Å²) in [6, 6.07) is 13.2. The molecule has 0 saturated heterocycles. The highest BCUT2D eigenvalue weighted by Crippen LogP contribution is 2.10. The van der Waals surface area contributed by atoms with Crippen molar-refractivity contribution < 1.29 is 29.4 Å². The van der Waals surface area contributed by atoms with E-state index in [2.05, 4.69) is 16.0 Å². The summed E-state index contributed by atoms with van der Waals surface area (Å²) in [7, 11) is 0. The van der Waals surface area contributed by atoms with Crippen LogP contribution in [0.4, 0.5) is 0 Å². The number of nitrogens with one attached hydrogen (secondary N) is 3. The SMILES string of the molecule is N[C@@H](Cc1ccc(O)cc1)C(=O)NCC(=O)N[C@@H](Cc1ccccc1)C(=O)NCC(=O)O. The van der Waals surface area contributed by atoms with E-state index in [-0.39, 0.29) is 18.6 Å². The number of nitrogens with two attached hydrogens (primary N) is 1. The average molecular weight is 442 g/mol. The van der Waals surface area contributed by atoms with Gasteiger partial charge in [-0.1, -0.05) is 42.5 Å². The van der Waals surface area contributed by atoms with Crippen LogP contribution in [0.2, 0.25) is 0 Å². The molecule has 0 fully saturated rings. The van der Waals surface area contributed by atoms with Crippen molar-refractivity contribution in [2.45, 2.75) is 24.9 Å². The van der Waals surface area contributed by atoms with Crippen molar-refractivity contribution in [1.29, 1.82) is 0 Å². The molecule has 3 amide bonds. The highest BCUT2D eigenvalue weighted by Gasteiger charge is 2.22. The Morgan fingerprint density at radius 2 is 1.41 bits per heavy atom. The number of carboxylic acids is 1. The monoisotopic (exact) mass is 442 g/mol. The molecule has 0 spiro atoms. The van der Waals surface area contributed by atoms with Crippen LogP contribution in [0.25, 0.3) is 0 Å². The zero-order valence-electron chi connectivity index (χ0n) is 17.3. The first kappa shape index (κ1) is 24.4. The minimum Gasteiger partial charge on any atom is -0.508 e. The van der Waals surface area contributed by atoms with Gasteiger partial charge < -0.3 is 31.9 Å². The first-order valence-corrected chi connectivity index (χ1v) is 9.88. The van der Waals surface area contributed by atoms with Crippen molar-refractivity contribution in [3.05, 3.63) is 65.7 Å². The predicted octanol–water partition coefficient (Wildman–Crippen LogP) is -0.693. The lowest BCUT2D eigenvalue weighted by molar-refractivity contribution is -0.138. The highest BCUT2D eigenvalue weighted by molar-refractivity contribution is 5.92. The number of phenols is 1. The maximum Gasteiger partial charge on any atom is 0.322 e. The fourth-order valence-corrected chi connectivity index (χ4v) is 2.87. The van der Waals surface area contributed by atoms with Gasteiger partial charge in [-0.05, 0) is 29.7 Å². The Labute approximate surface area is 184 Å². The number of amides is 3. The summed E-state index contributed by atoms with van der Waals surface area (Å²) in [5.74, 6) is -2.94. The molecule has 10 nitrogen and oxygen atoms in total. The molecule has 0 bridgehead atoms. The summed E-state index contributed by atoms with van der Waals surface area (Å²) < 4.78 is 0. The molecule has 0 aliphatic heterocycles. The van der Waals surface area contributed by atoms with Gasteiger partial charge >= 0.3 is 5.97 Å². The van der Waals surface area contributed by atoms with Crippen molar-refractivity contribution in [3.8, 4) is 5.75 Å². The highest BCUT2D eigenvalue weighted by atomic mass is 16.4. The van der Waals surface area contributed by atoms with Crippen LogP contribution in [0.1, 0.15) is 11.1 Å². The van der Waals surface area contributed by atoms with Crippen molar-refractivity contribution >= 4 is 23.7 Å². The van der Waals surface area contributed by atoms with Gasteiger partial charge in [-0.15, -0.1) is 0 Å². The Morgan fingerprint density at radius 1 is 0.812 bits per heavy atom. The van der Waals surface area contributed by atoms with Crippen molar-refractivity contribution in [2.24, 2.45) is 5.73 Å². The molecule has 0 heterocycles. The third-order valence-electron chi connectivity index (χ3n) is 4.50. The summed E-state index contributed by atoms with van der Waals surface area (Å²) >= 11 is 0. The van der Waals surface area contributed by atoms with Gasteiger partial charge in [0.25, 0.3) is 0 Å². The van der Waals surface area contributed by atoms with E-state index in [0.717, 1.165) is 11.1 Å². The van der Waals surface area contributed by atoms with E-state index in [0.29, 0.717) is 0 Å². The van der Waals surface area contributed by atoms with Crippen molar-refractivity contribution in [1.82, 2.24) is 16.0 Å². The lowest BCUT2D eigenvalue weighted by atomic mass is 10.0. The zero-order chi connectivity index (χ0) is 23.5. The maximum absolute atomic E-state index is 12.3. The summed E-state index contributed by atoms with van der Waals surface area (Å²) in [5, 5.41) is 25.2. The standard InChI is InChI=1S/C22H26N4O6/c23-17(10-15-6-8-16(27)9-7-15)21(31)24-12-19(28)26-18(22(32)25-13-20(29)30)11-14-4-2-1-3-5-14/h1-9,17-18,27H,10-13,23H2,(H,24,31)(H,25,32)(H,26,28)(H,29,30)/t17-,18-/m0/s1. The fourth-order valence-electron chi connectivity index (χ4n) is 2.87. The van der Waals surface area contributed by atoms with Crippen LogP contribution in [0.3, 0.4) is 0 Å². The minimum atomic E-state index is -1.21. The number of benzene rings is 2. The van der Waals surface area contributed by atoms with Gasteiger partial charge in [-0.2, -0.15) is 0 Å². The zero-order valence-corrected chi connectivity index (χ0v) is 17.3. The lowest BCUT2D eigenvalue weighted by Gasteiger charge is -2.19. The second-order valence-corrected chi connectivity index (χ2v) is 7.12. The quantitative estimate of drug-likeness (QED) is 0.267. The number of aliphatic carboxylic acids is 1. The number of carbonyl (C=O) groups excluding carboxylic acids is 3. The van der Waals surface area contributed by atoms with E-state index in [1.807, 2.05) is 0 Å². The summed E-state index contributed by atoms with van der Waals surface area (Å²) in [6.45, 7) is -0.984. The molecule has 0 radical (unpaired) electrons. The van der Waals surface area contributed by atoms with Gasteiger partial charge in [0.1, 0.15) is 18.3 Å². The van der Waals surface area contributed by atoms with Crippen LogP contribution < -0.4 is 21.7 Å². The Kier molecular flexibility index (Phi) is 9.18. The number of hydrogen-bond acceptors (Lipinski definition) is 6. The van der Waals surface area contributed by atoms with Gasteiger partial charge in [0.2, 0.25) is 17.7 Å². The van der Waals surface area contributed by atoms with E-state index in [9.17, 15) is 24.3 Å². The fraction of sp³-hybridized carbons (Fsp3) is 0.273. The van der Waals surface area contributed by atoms with Gasteiger partial charge in [-0.3, -0.25) is 19.2 Å². The first-order valence-electron chi connectivity index (χ1n) is 9.88. The molecule has 2 aromatic carbocycles. The average Bonchev–Trinajstić information content (AvgIpc) is 2.77. The lowest BCUT2D eigenvalue weighted by Crippen LogP contribution is -2.52. The van der Waals surface area contributed by atoms with Gasteiger partial charge in [0.15, 0.2) is 0 Å². The summed E-state index contributed by atoms with van der Waals surface area (Å²) in [4.78, 5) is 47.6. The molecular weight excluding hydrogens is 416 g/mol. The van der Waals surface area contributed by atoms with Crippen LogP contribution in [-0.2, 0) is 32.0 Å². The number of aromatic hydroxyl groups is 1. The topological polar surface area (TPSA) is 171 Å². The second-order valence-electron chi connectivity index (χ2n) is 7.12. The van der Waals surface area contributed by atoms with E-state index in [1.54, 1.807) is 42.5 Å². The van der Waals surface area contributed by atoms with Crippen LogP contribution in [0.15, 0.2) is 54.6 Å². The Hall–Kier alpha value is -3.92. The molecule has 0 aliphatic rings. The van der Waals surface area contributed by atoms with E-state index in [1.165, 1.54) is 12.1 Å². The third-order valence-corrected chi connectivity index (χ3v) is 4.50. The number of carboxylic acid groups (broad SMARTS) is 1. The Bertz CT molecular complexity index is 933. The number of phenolic OH excluding ortho intramolecular Hbond substituents is 1. The minimum absolute atomic E-state index is 0.0980. The van der Waals surface area contributed by atoms with Gasteiger partial charge in [0, 0.05) is 6.42 Å². The van der Waals surface area contributed by atoms with E-state index >= 15 is 0 Å². The molecule has 0 unspecified atom stereocenters. The van der Waals surface area contributed by atoms with Crippen LogP contribution >= 0.6 is 0 Å². The molecule has 10 heteroatoms. The Balaban J connectivity index is 1.90. The number of hydrogen-bond donors (Lipinski definition) is 6. The van der Waals surface area contributed by atoms with Crippen LogP contribution in [-0.4, -0.2) is 59.1 Å². The van der Waals surface area contributed by atoms with E-state index in [4.69, 9.17) is 10.8 Å². The maximum atomic E-state index is 12.3. The molecule has 2 aromatic rings. The normalized spacial score (nSPS) is 12.3. The molecule has 170 valence electrons. The summed E-state index contributed by atoms with van der Waals surface area (Å²) in [6.07, 6.45) is 0.355. The molecule has 2 atom stereocenters. The molecule has 0 saturated carbocycles. The number of carbonyl (C=O) groups is 4. The van der Waals surface area contributed by atoms with Crippen LogP contribution in [0.5, 0.6) is 5.75 Å². The van der Waals surface area contributed by atoms with Crippen LogP contribution in [0, 0.1) is 0 Å². The van der Waals surface area contributed by atoms with Crippen molar-refractivity contribution in [2.75, 3.05) is 13.1 Å². The van der Waals surface area contributed by atoms with Crippen molar-refractivity contribution in [3.63, 3.8) is 0 Å². The van der Waals surface area contributed by atoms with E-state index < -0.39 is 48.9 Å².